The van der Waals surface area contributed by atoms with Crippen molar-refractivity contribution in [1.82, 2.24) is 30.4 Å². The van der Waals surface area contributed by atoms with Crippen LogP contribution in [0.4, 0.5) is 14.6 Å². The quantitative estimate of drug-likeness (QED) is 0.0790. The molecule has 16 nitrogen and oxygen atoms in total. The third-order valence-corrected chi connectivity index (χ3v) is 26.6. The number of halogens is 3. The number of nitrogens with zero attached hydrogens (tertiary/aromatic N) is 9. The van der Waals surface area contributed by atoms with Crippen molar-refractivity contribution in [3.8, 4) is 18.0 Å². The molecule has 8 aliphatic rings. The summed E-state index contributed by atoms with van der Waals surface area (Å²) in [6.45, 7) is 23.5. The molecule has 0 spiro atoms. The summed E-state index contributed by atoms with van der Waals surface area (Å²) >= 11 is 5.54. The van der Waals surface area contributed by atoms with Crippen LogP contribution in [0.5, 0.6) is 5.88 Å². The maximum absolute atomic E-state index is 14.7. The third-order valence-electron chi connectivity index (χ3n) is 17.2. The zero-order valence-electron chi connectivity index (χ0n) is 45.8. The monoisotopic (exact) mass is 1120 g/mol. The highest BCUT2D eigenvalue weighted by Gasteiger charge is 2.73. The van der Waals surface area contributed by atoms with Gasteiger partial charge in [-0.2, -0.15) is 20.7 Å². The van der Waals surface area contributed by atoms with Gasteiger partial charge >= 0.3 is 0 Å². The number of nitrogens with one attached hydrogen (secondary N) is 2. The predicted molar refractivity (Wildman–Crippen MR) is 301 cm³/mol. The van der Waals surface area contributed by atoms with Crippen molar-refractivity contribution in [3.05, 3.63) is 106 Å². The van der Waals surface area contributed by atoms with Crippen LogP contribution in [-0.2, 0) is 31.7 Å². The first-order chi connectivity index (χ1) is 36.1. The van der Waals surface area contributed by atoms with Crippen LogP contribution in [0.3, 0.4) is 0 Å². The molecule has 6 aliphatic carbocycles. The number of benzene rings is 2. The molecule has 4 bridgehead atoms. The van der Waals surface area contributed by atoms with Gasteiger partial charge in [-0.05, 0) is 127 Å². The molecule has 21 heteroatoms. The first-order valence-electron chi connectivity index (χ1n) is 26.1. The summed E-state index contributed by atoms with van der Waals surface area (Å²) in [6, 6.07) is 14.1. The first-order valence-corrected chi connectivity index (χ1v) is 32.3. The van der Waals surface area contributed by atoms with Gasteiger partial charge in [-0.1, -0.05) is 61.1 Å². The fraction of sp³-hybridized carbons (Fsp3) is 0.544. The summed E-state index contributed by atoms with van der Waals surface area (Å²) < 4.78 is 46.7. The van der Waals surface area contributed by atoms with Gasteiger partial charge in [-0.15, -0.1) is 0 Å². The van der Waals surface area contributed by atoms with E-state index in [2.05, 4.69) is 109 Å². The van der Waals surface area contributed by atoms with Crippen LogP contribution in [0.1, 0.15) is 146 Å². The number of aromatic nitrogens is 4. The number of ether oxygens (including phenoxy) is 1. The highest BCUT2D eigenvalue weighted by atomic mass is 35.5. The molecule has 12 rings (SSSR count). The van der Waals surface area contributed by atoms with Crippen molar-refractivity contribution < 1.29 is 32.0 Å². The largest absolute Gasteiger partial charge is 0.476 e. The number of carbonyl (C=O) groups is 2. The van der Waals surface area contributed by atoms with Gasteiger partial charge in [-0.3, -0.25) is 9.59 Å². The maximum atomic E-state index is 14.7. The van der Waals surface area contributed by atoms with E-state index in [1.165, 1.54) is 30.7 Å². The summed E-state index contributed by atoms with van der Waals surface area (Å²) in [5.41, 5.74) is 6.21. The third kappa shape index (κ3) is 12.5. The van der Waals surface area contributed by atoms with E-state index in [-0.39, 0.29) is 92.0 Å². The molecule has 0 saturated heterocycles. The molecule has 2 N–H and O–H groups in total. The van der Waals surface area contributed by atoms with Crippen molar-refractivity contribution >= 4 is 57.6 Å². The summed E-state index contributed by atoms with van der Waals surface area (Å²) in [5.74, 6) is 0.606. The van der Waals surface area contributed by atoms with Gasteiger partial charge in [0, 0.05) is 53.8 Å². The molecule has 2 atom stereocenters. The second-order valence-corrected chi connectivity index (χ2v) is 35.0. The lowest BCUT2D eigenvalue weighted by Gasteiger charge is -2.69. The molecule has 2 aromatic heterocycles. The van der Waals surface area contributed by atoms with E-state index in [4.69, 9.17) is 35.7 Å². The summed E-state index contributed by atoms with van der Waals surface area (Å²) in [4.78, 5) is 40.9. The Labute approximate surface area is 465 Å². The normalized spacial score (nSPS) is 25.0. The molecule has 1 amide bonds. The zero-order valence-corrected chi connectivity index (χ0v) is 48.5. The molecule has 6 saturated carbocycles. The van der Waals surface area contributed by atoms with E-state index in [9.17, 15) is 18.4 Å². The number of hydrogen-bond acceptors (Lipinski definition) is 15. The minimum Gasteiger partial charge on any atom is -0.476 e. The van der Waals surface area contributed by atoms with E-state index in [0.29, 0.717) is 49.0 Å². The number of anilines is 1. The minimum absolute atomic E-state index is 0. The van der Waals surface area contributed by atoms with E-state index in [1.807, 2.05) is 36.6 Å². The number of rotatable bonds is 16. The number of nitriles is 2. The van der Waals surface area contributed by atoms with Gasteiger partial charge in [0.25, 0.3) is 0 Å². The zero-order chi connectivity index (χ0) is 55.8. The Morgan fingerprint density at radius 3 is 1.78 bits per heavy atom. The Hall–Kier alpha value is -6.04. The molecule has 4 aromatic rings. The van der Waals surface area contributed by atoms with E-state index >= 15 is 0 Å². The molecule has 6 fully saturated rings. The van der Waals surface area contributed by atoms with Crippen LogP contribution in [0.25, 0.3) is 0 Å². The summed E-state index contributed by atoms with van der Waals surface area (Å²) in [5, 5.41) is 30.8. The van der Waals surface area contributed by atoms with E-state index < -0.39 is 16.6 Å². The molecule has 0 radical (unpaired) electrons. The van der Waals surface area contributed by atoms with Crippen molar-refractivity contribution in [3.63, 3.8) is 0 Å². The van der Waals surface area contributed by atoms with Crippen LogP contribution in [0, 0.1) is 56.0 Å². The molecule has 4 heterocycles. The fourth-order valence-electron chi connectivity index (χ4n) is 10.7. The van der Waals surface area contributed by atoms with E-state index in [0.717, 1.165) is 56.1 Å². The average Bonchev–Trinajstić information content (AvgIpc) is 4.15. The van der Waals surface area contributed by atoms with Crippen LogP contribution in [0.2, 0.25) is 36.3 Å². The lowest BCUT2D eigenvalue weighted by Crippen LogP contribution is -2.69. The van der Waals surface area contributed by atoms with Crippen LogP contribution >= 0.6 is 11.6 Å². The molecule has 416 valence electrons. The van der Waals surface area contributed by atoms with Crippen LogP contribution in [-0.4, -0.2) is 78.3 Å². The van der Waals surface area contributed by atoms with Gasteiger partial charge in [0.1, 0.15) is 29.6 Å². The number of hydrazone groups is 2. The van der Waals surface area contributed by atoms with Gasteiger partial charge in [0.05, 0.1) is 62.1 Å². The molecule has 2 unspecified atom stereocenters. The second-order valence-electron chi connectivity index (χ2n) is 25.0. The van der Waals surface area contributed by atoms with E-state index in [1.54, 1.807) is 23.5 Å². The van der Waals surface area contributed by atoms with Crippen molar-refractivity contribution in [2.75, 3.05) is 18.5 Å². The van der Waals surface area contributed by atoms with Crippen molar-refractivity contribution in [2.45, 2.75) is 162 Å². The molecular formula is C57H74ClF2N11O5Si2. The SMILES string of the molecule is C.CC(C)(C)[Si](C)(C)OCc1cc(C2CC=NN2)ccc1F.CC(C)(C)[Si](C)(C)OCc1cc(C2CC=NN2C(=O)C23CC(CNc4cnc(C#N)cn4)(C2)C3)ccc1F.N#Cc1cnc(OCC23CC(C(=O)Cl)(C2)C3)cn1. The van der Waals surface area contributed by atoms with Crippen LogP contribution in [0.15, 0.2) is 71.4 Å². The Morgan fingerprint density at radius 1 is 0.756 bits per heavy atom. The summed E-state index contributed by atoms with van der Waals surface area (Å²) in [7, 11) is -3.90. The Kier molecular flexibility index (Phi) is 17.3. The van der Waals surface area contributed by atoms with Gasteiger partial charge in [-0.25, -0.2) is 33.7 Å². The Bertz CT molecular complexity index is 2960. The van der Waals surface area contributed by atoms with Crippen LogP contribution < -0.4 is 15.5 Å². The molecular weight excluding hydrogens is 1050 g/mol. The number of carbonyl (C=O) groups excluding carboxylic acids is 2. The fourth-order valence-corrected chi connectivity index (χ4v) is 12.8. The number of hydrogen-bond donors (Lipinski definition) is 2. The Morgan fingerprint density at radius 2 is 1.29 bits per heavy atom. The molecule has 2 aromatic carbocycles. The van der Waals surface area contributed by atoms with Gasteiger partial charge in [0.15, 0.2) is 28.0 Å². The van der Waals surface area contributed by atoms with Crippen molar-refractivity contribution in [2.24, 2.45) is 31.9 Å². The van der Waals surface area contributed by atoms with Gasteiger partial charge < -0.3 is 24.3 Å². The Balaban J connectivity index is 0.000000186. The minimum atomic E-state index is -2.03. The second kappa shape index (κ2) is 22.6. The standard InChI is InChI=1S/C28H35FN6O2Si.C16H25FN2OSi.C12H10ClN3O2.CH4/c1-26(2,3)38(4,5)37-14-20-10-19(6-7-22(20)29)23-8-9-34-35(23)25(36)28-15-27(16-28,17-28)18-33-24-13-31-21(11-30)12-32-24;1-16(2,3)21(4,5)20-11-13-10-12(6-7-14(13)17)15-8-9-18-19-15;13-10(17)12-4-11(5-12,6-12)7-18-9-3-15-8(1-14)2-16-9;/h6-7,9-10,12-13,23H,8,14-18H2,1-5H3,(H,32,33);6-7,9-10,15,19H,8,11H2,1-5H3;2-3H,4-7H2;1H4. The number of amides is 1. The smallest absolute Gasteiger partial charge is 0.249 e. The lowest BCUT2D eigenvalue weighted by molar-refractivity contribution is -0.212. The average molecular weight is 1120 g/mol. The molecule has 78 heavy (non-hydrogen) atoms. The highest BCUT2D eigenvalue weighted by molar-refractivity contribution is 6.74. The lowest BCUT2D eigenvalue weighted by atomic mass is 9.34. The molecule has 2 aliphatic heterocycles. The van der Waals surface area contributed by atoms with Crippen molar-refractivity contribution in [1.29, 1.82) is 10.5 Å². The van der Waals surface area contributed by atoms with Gasteiger partial charge in [0.2, 0.25) is 17.0 Å². The maximum Gasteiger partial charge on any atom is 0.249 e. The predicted octanol–water partition coefficient (Wildman–Crippen LogP) is 12.2. The summed E-state index contributed by atoms with van der Waals surface area (Å²) in [6.07, 6.45) is 15.8. The first kappa shape index (κ1) is 59.6. The topological polar surface area (TPSA) is 213 Å². The highest BCUT2D eigenvalue weighted by Crippen LogP contribution is 2.75.